The molecule has 0 radical (unpaired) electrons. The third kappa shape index (κ3) is 4.45. The number of piperidine rings is 1. The third-order valence-electron chi connectivity index (χ3n) is 6.34. The third-order valence-corrected chi connectivity index (χ3v) is 6.34. The van der Waals surface area contributed by atoms with Crippen molar-refractivity contribution in [3.05, 3.63) is 70.8 Å². The fourth-order valence-corrected chi connectivity index (χ4v) is 4.82. The second-order valence-corrected chi connectivity index (χ2v) is 8.39. The zero-order valence-corrected chi connectivity index (χ0v) is 17.2. The van der Waals surface area contributed by atoms with Crippen molar-refractivity contribution in [3.8, 4) is 0 Å². The number of halogens is 3. The molecule has 0 aliphatic carbocycles. The first-order valence-electron chi connectivity index (χ1n) is 10.4. The second kappa shape index (κ2) is 8.36. The molecule has 2 aliphatic rings. The lowest BCUT2D eigenvalue weighted by Gasteiger charge is -2.37. The van der Waals surface area contributed by atoms with Gasteiger partial charge >= 0.3 is 12.3 Å². The number of carbonyl (C=O) groups excluding carboxylic acids is 2. The number of hydrogen-bond donors (Lipinski definition) is 0. The topological polar surface area (TPSA) is 46.6 Å². The van der Waals surface area contributed by atoms with Crippen LogP contribution in [0.15, 0.2) is 48.5 Å². The number of ether oxygens (including phenoxy) is 1. The molecule has 0 spiro atoms. The minimum absolute atomic E-state index is 0.0780. The Morgan fingerprint density at radius 2 is 1.68 bits per heavy atom. The summed E-state index contributed by atoms with van der Waals surface area (Å²) in [5.41, 5.74) is 0.818. The van der Waals surface area contributed by atoms with E-state index in [1.807, 2.05) is 30.3 Å². The standard InChI is InChI=1S/C24H24F3NO3/c1-15-11-18(24(25,26)27)7-10-21(15)22(29)17-12-19-8-9-20(13-17)28(19)23(30)31-14-16-5-3-2-4-6-16/h2-7,10-11,17,19-20H,8-9,12-14H2,1H3. The first-order chi connectivity index (χ1) is 14.7. The lowest BCUT2D eigenvalue weighted by molar-refractivity contribution is -0.137. The lowest BCUT2D eigenvalue weighted by Crippen LogP contribution is -2.48. The Balaban J connectivity index is 1.42. The van der Waals surface area contributed by atoms with Gasteiger partial charge in [-0.1, -0.05) is 36.4 Å². The average molecular weight is 431 g/mol. The summed E-state index contributed by atoms with van der Waals surface area (Å²) >= 11 is 0. The zero-order valence-electron chi connectivity index (χ0n) is 17.2. The van der Waals surface area contributed by atoms with E-state index in [0.29, 0.717) is 24.0 Å². The summed E-state index contributed by atoms with van der Waals surface area (Å²) in [4.78, 5) is 27.5. The van der Waals surface area contributed by atoms with E-state index in [9.17, 15) is 22.8 Å². The largest absolute Gasteiger partial charge is 0.445 e. The Hall–Kier alpha value is -2.83. The van der Waals surface area contributed by atoms with Gasteiger partial charge in [-0.3, -0.25) is 4.79 Å². The number of aryl methyl sites for hydroxylation is 1. The van der Waals surface area contributed by atoms with Gasteiger partial charge < -0.3 is 9.64 Å². The molecule has 2 aromatic rings. The number of carbonyl (C=O) groups is 2. The molecule has 1 amide bonds. The van der Waals surface area contributed by atoms with E-state index in [0.717, 1.165) is 30.5 Å². The van der Waals surface area contributed by atoms with Crippen LogP contribution in [-0.4, -0.2) is 28.9 Å². The van der Waals surface area contributed by atoms with E-state index in [-0.39, 0.29) is 36.5 Å². The molecule has 4 nitrogen and oxygen atoms in total. The smallest absolute Gasteiger partial charge is 0.416 e. The minimum Gasteiger partial charge on any atom is -0.445 e. The van der Waals surface area contributed by atoms with Crippen molar-refractivity contribution in [1.82, 2.24) is 4.90 Å². The van der Waals surface area contributed by atoms with Gasteiger partial charge in [0, 0.05) is 23.6 Å². The molecule has 2 heterocycles. The van der Waals surface area contributed by atoms with Crippen LogP contribution < -0.4 is 0 Å². The van der Waals surface area contributed by atoms with Gasteiger partial charge in [-0.25, -0.2) is 4.79 Å². The highest BCUT2D eigenvalue weighted by atomic mass is 19.4. The number of ketones is 1. The molecule has 2 unspecified atom stereocenters. The summed E-state index contributed by atoms with van der Waals surface area (Å²) in [6.07, 6.45) is -2.17. The predicted octanol–water partition coefficient (Wildman–Crippen LogP) is 5.78. The van der Waals surface area contributed by atoms with Crippen LogP contribution in [0.4, 0.5) is 18.0 Å². The van der Waals surface area contributed by atoms with Crippen LogP contribution in [-0.2, 0) is 17.5 Å². The summed E-state index contributed by atoms with van der Waals surface area (Å²) in [5.74, 6) is -0.438. The number of nitrogens with zero attached hydrogens (tertiary/aromatic N) is 1. The Bertz CT molecular complexity index is 960. The van der Waals surface area contributed by atoms with Crippen LogP contribution in [0.3, 0.4) is 0 Å². The molecule has 164 valence electrons. The van der Waals surface area contributed by atoms with E-state index >= 15 is 0 Å². The summed E-state index contributed by atoms with van der Waals surface area (Å²) in [6, 6.07) is 12.5. The first kappa shape index (κ1) is 21.4. The molecular formula is C24H24F3NO3. The fourth-order valence-electron chi connectivity index (χ4n) is 4.82. The Morgan fingerprint density at radius 1 is 1.03 bits per heavy atom. The molecule has 0 N–H and O–H groups in total. The molecule has 0 saturated carbocycles. The van der Waals surface area contributed by atoms with Gasteiger partial charge in [-0.2, -0.15) is 13.2 Å². The summed E-state index contributed by atoms with van der Waals surface area (Å²) in [6.45, 7) is 1.73. The second-order valence-electron chi connectivity index (χ2n) is 8.39. The summed E-state index contributed by atoms with van der Waals surface area (Å²) in [7, 11) is 0. The maximum Gasteiger partial charge on any atom is 0.416 e. The van der Waals surface area contributed by atoms with Crippen LogP contribution in [0, 0.1) is 12.8 Å². The number of alkyl halides is 3. The molecule has 0 aromatic heterocycles. The molecule has 2 atom stereocenters. The van der Waals surface area contributed by atoms with Gasteiger partial charge in [0.1, 0.15) is 6.61 Å². The van der Waals surface area contributed by atoms with Crippen molar-refractivity contribution in [2.45, 2.75) is 57.5 Å². The minimum atomic E-state index is -4.43. The maximum atomic E-state index is 13.1. The average Bonchev–Trinajstić information content (AvgIpc) is 3.01. The van der Waals surface area contributed by atoms with Crippen LogP contribution in [0.5, 0.6) is 0 Å². The first-order valence-corrected chi connectivity index (χ1v) is 10.4. The molecular weight excluding hydrogens is 407 g/mol. The number of rotatable bonds is 4. The molecule has 2 bridgehead atoms. The van der Waals surface area contributed by atoms with Gasteiger partial charge in [0.25, 0.3) is 0 Å². The number of amides is 1. The highest BCUT2D eigenvalue weighted by Gasteiger charge is 2.46. The van der Waals surface area contributed by atoms with Gasteiger partial charge in [0.15, 0.2) is 5.78 Å². The Kier molecular flexibility index (Phi) is 5.77. The Labute approximate surface area is 179 Å². The number of benzene rings is 2. The van der Waals surface area contributed by atoms with Gasteiger partial charge in [0.2, 0.25) is 0 Å². The lowest BCUT2D eigenvalue weighted by atomic mass is 9.83. The monoisotopic (exact) mass is 431 g/mol. The van der Waals surface area contributed by atoms with Crippen molar-refractivity contribution in [2.24, 2.45) is 5.92 Å². The molecule has 2 saturated heterocycles. The van der Waals surface area contributed by atoms with E-state index < -0.39 is 11.7 Å². The van der Waals surface area contributed by atoms with Gasteiger partial charge in [-0.15, -0.1) is 0 Å². The van der Waals surface area contributed by atoms with E-state index in [1.54, 1.807) is 4.90 Å². The highest BCUT2D eigenvalue weighted by molar-refractivity contribution is 5.99. The number of fused-ring (bicyclic) bond motifs is 2. The normalized spacial score (nSPS) is 23.0. The predicted molar refractivity (Wildman–Crippen MR) is 109 cm³/mol. The van der Waals surface area contributed by atoms with E-state index in [1.165, 1.54) is 13.0 Å². The maximum absolute atomic E-state index is 13.1. The molecule has 7 heteroatoms. The molecule has 2 aromatic carbocycles. The van der Waals surface area contributed by atoms with E-state index in [2.05, 4.69) is 0 Å². The van der Waals surface area contributed by atoms with Crippen LogP contribution in [0.2, 0.25) is 0 Å². The van der Waals surface area contributed by atoms with Crippen LogP contribution in [0.25, 0.3) is 0 Å². The van der Waals surface area contributed by atoms with Crippen molar-refractivity contribution >= 4 is 11.9 Å². The zero-order chi connectivity index (χ0) is 22.2. The van der Waals surface area contributed by atoms with Crippen molar-refractivity contribution in [2.75, 3.05) is 0 Å². The summed E-state index contributed by atoms with van der Waals surface area (Å²) in [5, 5.41) is 0. The molecule has 2 aliphatic heterocycles. The Morgan fingerprint density at radius 3 is 2.26 bits per heavy atom. The van der Waals surface area contributed by atoms with E-state index in [4.69, 9.17) is 4.74 Å². The molecule has 31 heavy (non-hydrogen) atoms. The quantitative estimate of drug-likeness (QED) is 0.577. The van der Waals surface area contributed by atoms with Crippen LogP contribution >= 0.6 is 0 Å². The fraction of sp³-hybridized carbons (Fsp3) is 0.417. The number of Topliss-reactive ketones (excluding diaryl/α,β-unsaturated/α-hetero) is 1. The highest BCUT2D eigenvalue weighted by Crippen LogP contribution is 2.41. The SMILES string of the molecule is Cc1cc(C(F)(F)F)ccc1C(=O)C1CC2CCC(C1)N2C(=O)OCc1ccccc1. The summed E-state index contributed by atoms with van der Waals surface area (Å²) < 4.78 is 44.3. The van der Waals surface area contributed by atoms with Gasteiger partial charge in [-0.05, 0) is 55.9 Å². The van der Waals surface area contributed by atoms with Crippen molar-refractivity contribution in [1.29, 1.82) is 0 Å². The van der Waals surface area contributed by atoms with Crippen LogP contribution in [0.1, 0.15) is 52.7 Å². The number of hydrogen-bond acceptors (Lipinski definition) is 3. The van der Waals surface area contributed by atoms with Gasteiger partial charge in [0.05, 0.1) is 5.56 Å². The molecule has 2 fully saturated rings. The van der Waals surface area contributed by atoms with Crippen molar-refractivity contribution in [3.63, 3.8) is 0 Å². The van der Waals surface area contributed by atoms with Crippen molar-refractivity contribution < 1.29 is 27.5 Å². The molecule has 4 rings (SSSR count).